The molecule has 1 aromatic rings. The lowest BCUT2D eigenvalue weighted by Crippen LogP contribution is -2.30. The molecule has 2 rings (SSSR count). The minimum absolute atomic E-state index is 0.482. The molecule has 0 fully saturated rings. The number of fused-ring (bicyclic) bond motifs is 1. The lowest BCUT2D eigenvalue weighted by atomic mass is 10.1. The second kappa shape index (κ2) is 5.60. The number of aromatic nitrogens is 3. The molecule has 0 bridgehead atoms. The molecule has 0 saturated heterocycles. The van der Waals surface area contributed by atoms with Crippen LogP contribution in [0.15, 0.2) is 0 Å². The summed E-state index contributed by atoms with van der Waals surface area (Å²) in [4.78, 5) is 0. The first-order chi connectivity index (χ1) is 8.16. The van der Waals surface area contributed by atoms with Gasteiger partial charge in [0.1, 0.15) is 0 Å². The van der Waals surface area contributed by atoms with Crippen LogP contribution in [0, 0.1) is 18.8 Å². The number of aryl methyl sites for hydroxylation is 1. The highest BCUT2D eigenvalue weighted by Crippen LogP contribution is 2.14. The van der Waals surface area contributed by atoms with Gasteiger partial charge in [0.25, 0.3) is 0 Å². The van der Waals surface area contributed by atoms with Crippen molar-refractivity contribution in [3.8, 4) is 0 Å². The zero-order valence-corrected chi connectivity index (χ0v) is 10.9. The van der Waals surface area contributed by atoms with E-state index >= 15 is 0 Å². The van der Waals surface area contributed by atoms with Gasteiger partial charge in [0.15, 0.2) is 0 Å². The third-order valence-electron chi connectivity index (χ3n) is 3.04. The molecule has 0 radical (unpaired) electrons. The molecule has 0 spiro atoms. The minimum atomic E-state index is 0.482. The van der Waals surface area contributed by atoms with Gasteiger partial charge in [-0.25, -0.2) is 4.68 Å². The maximum atomic E-state index is 5.69. The Kier molecular flexibility index (Phi) is 4.12. The molecule has 1 aliphatic rings. The smallest absolute Gasteiger partial charge is 0.0904 e. The summed E-state index contributed by atoms with van der Waals surface area (Å²) in [6.45, 7) is 10.8. The zero-order valence-electron chi connectivity index (χ0n) is 10.9. The summed E-state index contributed by atoms with van der Waals surface area (Å²) >= 11 is 0. The second-order valence-corrected chi connectivity index (χ2v) is 5.24. The van der Waals surface area contributed by atoms with Crippen LogP contribution in [0.5, 0.6) is 0 Å². The molecular formula is C12H22N4O. The Morgan fingerprint density at radius 2 is 2.35 bits per heavy atom. The summed E-state index contributed by atoms with van der Waals surface area (Å²) < 4.78 is 7.68. The van der Waals surface area contributed by atoms with Crippen molar-refractivity contribution in [3.63, 3.8) is 0 Å². The van der Waals surface area contributed by atoms with Crippen LogP contribution < -0.4 is 5.32 Å². The maximum Gasteiger partial charge on any atom is 0.0904 e. The van der Waals surface area contributed by atoms with E-state index < -0.39 is 0 Å². The van der Waals surface area contributed by atoms with Crippen LogP contribution >= 0.6 is 0 Å². The lowest BCUT2D eigenvalue weighted by Gasteiger charge is -2.15. The van der Waals surface area contributed by atoms with E-state index in [0.29, 0.717) is 18.4 Å². The van der Waals surface area contributed by atoms with Crippen molar-refractivity contribution in [1.29, 1.82) is 0 Å². The first-order valence-electron chi connectivity index (χ1n) is 6.34. The summed E-state index contributed by atoms with van der Waals surface area (Å²) in [7, 11) is 0. The monoisotopic (exact) mass is 238 g/mol. The number of nitrogens with one attached hydrogen (secondary N) is 1. The molecule has 96 valence electrons. The predicted octanol–water partition coefficient (Wildman–Crippen LogP) is 0.979. The van der Waals surface area contributed by atoms with E-state index in [0.717, 1.165) is 37.6 Å². The topological polar surface area (TPSA) is 52.0 Å². The van der Waals surface area contributed by atoms with Crippen molar-refractivity contribution in [2.75, 3.05) is 19.7 Å². The van der Waals surface area contributed by atoms with Crippen LogP contribution in [-0.2, 0) is 17.9 Å². The van der Waals surface area contributed by atoms with Gasteiger partial charge in [-0.1, -0.05) is 19.1 Å². The molecule has 1 aromatic heterocycles. The van der Waals surface area contributed by atoms with Crippen molar-refractivity contribution in [3.05, 3.63) is 11.4 Å². The highest BCUT2D eigenvalue weighted by atomic mass is 16.5. The minimum Gasteiger partial charge on any atom is -0.375 e. The van der Waals surface area contributed by atoms with Crippen LogP contribution in [0.3, 0.4) is 0 Å². The summed E-state index contributed by atoms with van der Waals surface area (Å²) in [6.07, 6.45) is 0. The lowest BCUT2D eigenvalue weighted by molar-refractivity contribution is 0.0935. The first-order valence-corrected chi connectivity index (χ1v) is 6.34. The summed E-state index contributed by atoms with van der Waals surface area (Å²) in [5.74, 6) is 1.17. The van der Waals surface area contributed by atoms with Crippen LogP contribution in [0.1, 0.15) is 25.2 Å². The van der Waals surface area contributed by atoms with Crippen molar-refractivity contribution < 1.29 is 4.74 Å². The first kappa shape index (κ1) is 12.5. The van der Waals surface area contributed by atoms with Crippen LogP contribution in [0.2, 0.25) is 0 Å². The molecule has 1 N–H and O–H groups in total. The van der Waals surface area contributed by atoms with Gasteiger partial charge in [-0.3, -0.25) is 0 Å². The average molecular weight is 238 g/mol. The molecule has 0 aliphatic carbocycles. The van der Waals surface area contributed by atoms with E-state index in [-0.39, 0.29) is 0 Å². The van der Waals surface area contributed by atoms with E-state index in [1.54, 1.807) is 0 Å². The third kappa shape index (κ3) is 3.26. The molecule has 0 aromatic carbocycles. The molecule has 5 heteroatoms. The Balaban J connectivity index is 1.89. The molecule has 2 heterocycles. The average Bonchev–Trinajstić information content (AvgIpc) is 2.50. The number of hydrogen-bond acceptors (Lipinski definition) is 4. The summed E-state index contributed by atoms with van der Waals surface area (Å²) in [6, 6.07) is 0. The summed E-state index contributed by atoms with van der Waals surface area (Å²) in [5.41, 5.74) is 2.11. The van der Waals surface area contributed by atoms with Crippen molar-refractivity contribution >= 4 is 0 Å². The van der Waals surface area contributed by atoms with Gasteiger partial charge < -0.3 is 10.1 Å². The van der Waals surface area contributed by atoms with E-state index in [1.807, 2.05) is 11.6 Å². The zero-order chi connectivity index (χ0) is 12.3. The molecule has 0 amide bonds. The highest BCUT2D eigenvalue weighted by Gasteiger charge is 2.19. The van der Waals surface area contributed by atoms with E-state index in [9.17, 15) is 0 Å². The van der Waals surface area contributed by atoms with E-state index in [2.05, 4.69) is 29.5 Å². The van der Waals surface area contributed by atoms with Gasteiger partial charge in [0, 0.05) is 19.0 Å². The van der Waals surface area contributed by atoms with Gasteiger partial charge in [-0.2, -0.15) is 0 Å². The number of rotatable bonds is 4. The fourth-order valence-corrected chi connectivity index (χ4v) is 2.06. The fourth-order valence-electron chi connectivity index (χ4n) is 2.06. The Morgan fingerprint density at radius 3 is 3.12 bits per heavy atom. The van der Waals surface area contributed by atoms with Gasteiger partial charge in [0.2, 0.25) is 0 Å². The number of nitrogens with zero attached hydrogens (tertiary/aromatic N) is 3. The van der Waals surface area contributed by atoms with Crippen molar-refractivity contribution in [1.82, 2.24) is 20.3 Å². The standard InChI is InChI=1S/C12H22N4O/c1-9(2)4-13-5-11-6-16-12(8-17-7-11)10(3)14-15-16/h9,11,13H,4-8H2,1-3H3. The van der Waals surface area contributed by atoms with E-state index in [4.69, 9.17) is 4.74 Å². The third-order valence-corrected chi connectivity index (χ3v) is 3.04. The molecule has 5 nitrogen and oxygen atoms in total. The van der Waals surface area contributed by atoms with Gasteiger partial charge in [-0.15, -0.1) is 5.10 Å². The Labute approximate surface area is 103 Å². The van der Waals surface area contributed by atoms with Crippen LogP contribution in [0.4, 0.5) is 0 Å². The van der Waals surface area contributed by atoms with E-state index in [1.165, 1.54) is 0 Å². The number of hydrogen-bond donors (Lipinski definition) is 1. The maximum absolute atomic E-state index is 5.69. The quantitative estimate of drug-likeness (QED) is 0.849. The predicted molar refractivity (Wildman–Crippen MR) is 65.6 cm³/mol. The van der Waals surface area contributed by atoms with Crippen LogP contribution in [0.25, 0.3) is 0 Å². The molecular weight excluding hydrogens is 216 g/mol. The van der Waals surface area contributed by atoms with Gasteiger partial charge in [0.05, 0.1) is 24.6 Å². The number of ether oxygens (including phenoxy) is 1. The molecule has 17 heavy (non-hydrogen) atoms. The Morgan fingerprint density at radius 1 is 1.53 bits per heavy atom. The normalized spacial score (nSPS) is 20.4. The Bertz CT molecular complexity index is 361. The molecule has 0 saturated carbocycles. The summed E-state index contributed by atoms with van der Waals surface area (Å²) in [5, 5.41) is 11.7. The SMILES string of the molecule is Cc1nnn2c1COCC(CNCC(C)C)C2. The van der Waals surface area contributed by atoms with Crippen molar-refractivity contribution in [2.45, 2.75) is 33.9 Å². The van der Waals surface area contributed by atoms with Gasteiger partial charge in [-0.05, 0) is 19.4 Å². The fraction of sp³-hybridized carbons (Fsp3) is 0.833. The van der Waals surface area contributed by atoms with Crippen molar-refractivity contribution in [2.24, 2.45) is 11.8 Å². The highest BCUT2D eigenvalue weighted by molar-refractivity contribution is 5.07. The second-order valence-electron chi connectivity index (χ2n) is 5.24. The molecule has 1 unspecified atom stereocenters. The van der Waals surface area contributed by atoms with Crippen LogP contribution in [-0.4, -0.2) is 34.7 Å². The van der Waals surface area contributed by atoms with Gasteiger partial charge >= 0.3 is 0 Å². The Hall–Kier alpha value is -0.940. The largest absolute Gasteiger partial charge is 0.375 e. The molecule has 1 aliphatic heterocycles. The molecule has 1 atom stereocenters.